The highest BCUT2D eigenvalue weighted by Crippen LogP contribution is 2.20. The topological polar surface area (TPSA) is 29.9 Å². The van der Waals surface area contributed by atoms with Crippen molar-refractivity contribution in [2.45, 2.75) is 25.8 Å². The van der Waals surface area contributed by atoms with Crippen LogP contribution in [0.4, 0.5) is 0 Å². The Morgan fingerprint density at radius 2 is 2.54 bits per heavy atom. The minimum Gasteiger partial charge on any atom is -0.330 e. The fraction of sp³-hybridized carbons (Fsp3) is 0.667. The van der Waals surface area contributed by atoms with Gasteiger partial charge in [-0.1, -0.05) is 0 Å². The predicted molar refractivity (Wildman–Crippen MR) is 55.8 cm³/mol. The van der Waals surface area contributed by atoms with Crippen molar-refractivity contribution in [1.29, 1.82) is 0 Å². The van der Waals surface area contributed by atoms with Crippen LogP contribution in [0.3, 0.4) is 0 Å². The molecule has 4 heteroatoms. The number of hydrogen-bond acceptors (Lipinski definition) is 2. The zero-order valence-electron chi connectivity index (χ0n) is 7.76. The largest absolute Gasteiger partial charge is 0.330 e. The van der Waals surface area contributed by atoms with E-state index in [9.17, 15) is 0 Å². The lowest BCUT2D eigenvalue weighted by molar-refractivity contribution is 0.366. The summed E-state index contributed by atoms with van der Waals surface area (Å²) in [5.41, 5.74) is 0. The quantitative estimate of drug-likeness (QED) is 0.817. The van der Waals surface area contributed by atoms with E-state index >= 15 is 0 Å². The highest BCUT2D eigenvalue weighted by molar-refractivity contribution is 9.10. The minimum atomic E-state index is 0.590. The van der Waals surface area contributed by atoms with Gasteiger partial charge in [-0.05, 0) is 42.2 Å². The van der Waals surface area contributed by atoms with E-state index in [2.05, 4.69) is 43.9 Å². The lowest BCUT2D eigenvalue weighted by atomic mass is 10.1. The summed E-state index contributed by atoms with van der Waals surface area (Å²) in [5, 5.41) is 3.41. The van der Waals surface area contributed by atoms with Crippen LogP contribution in [0.1, 0.15) is 24.7 Å². The highest BCUT2D eigenvalue weighted by atomic mass is 79.9. The molecule has 0 amide bonds. The van der Waals surface area contributed by atoms with Crippen LogP contribution in [0, 0.1) is 6.92 Å². The van der Waals surface area contributed by atoms with Crippen molar-refractivity contribution in [2.24, 2.45) is 0 Å². The molecule has 0 spiro atoms. The maximum atomic E-state index is 4.34. The molecular formula is C9H14BrN3. The molecule has 0 aliphatic carbocycles. The molecule has 2 heterocycles. The van der Waals surface area contributed by atoms with Crippen molar-refractivity contribution < 1.29 is 0 Å². The Labute approximate surface area is 86.7 Å². The Hall–Kier alpha value is -0.350. The second-order valence-corrected chi connectivity index (χ2v) is 4.33. The first-order valence-corrected chi connectivity index (χ1v) is 5.48. The van der Waals surface area contributed by atoms with Crippen LogP contribution in [0.2, 0.25) is 0 Å². The molecule has 2 rings (SSSR count). The Kier molecular flexibility index (Phi) is 2.69. The molecule has 1 saturated heterocycles. The molecule has 0 radical (unpaired) electrons. The zero-order valence-corrected chi connectivity index (χ0v) is 9.34. The van der Waals surface area contributed by atoms with Gasteiger partial charge in [-0.15, -0.1) is 0 Å². The fourth-order valence-electron chi connectivity index (χ4n) is 1.89. The Morgan fingerprint density at radius 3 is 3.08 bits per heavy atom. The third-order valence-electron chi connectivity index (χ3n) is 2.55. The van der Waals surface area contributed by atoms with E-state index in [1.807, 2.05) is 0 Å². The zero-order chi connectivity index (χ0) is 9.26. The molecule has 0 bridgehead atoms. The highest BCUT2D eigenvalue weighted by Gasteiger charge is 2.16. The summed E-state index contributed by atoms with van der Waals surface area (Å²) in [4.78, 5) is 4.34. The van der Waals surface area contributed by atoms with Gasteiger partial charge in [0.1, 0.15) is 10.4 Å². The molecule has 0 aromatic carbocycles. The summed E-state index contributed by atoms with van der Waals surface area (Å²) in [6.07, 6.45) is 4.60. The molecule has 1 atom stereocenters. The smallest absolute Gasteiger partial charge is 0.124 e. The summed E-state index contributed by atoms with van der Waals surface area (Å²) < 4.78 is 3.20. The third-order valence-corrected chi connectivity index (χ3v) is 2.93. The first-order valence-electron chi connectivity index (χ1n) is 4.69. The van der Waals surface area contributed by atoms with Crippen molar-refractivity contribution in [3.05, 3.63) is 16.6 Å². The van der Waals surface area contributed by atoms with Gasteiger partial charge in [-0.25, -0.2) is 4.98 Å². The van der Waals surface area contributed by atoms with Crippen molar-refractivity contribution in [3.8, 4) is 0 Å². The van der Waals surface area contributed by atoms with Crippen LogP contribution in [-0.2, 0) is 0 Å². The summed E-state index contributed by atoms with van der Waals surface area (Å²) in [5.74, 6) is 1.10. The van der Waals surface area contributed by atoms with E-state index in [-0.39, 0.29) is 0 Å². The normalized spacial score (nSPS) is 23.4. The number of piperidine rings is 1. The van der Waals surface area contributed by atoms with Gasteiger partial charge >= 0.3 is 0 Å². The molecule has 0 saturated carbocycles. The molecule has 1 fully saturated rings. The maximum Gasteiger partial charge on any atom is 0.124 e. The molecule has 72 valence electrons. The maximum absolute atomic E-state index is 4.34. The van der Waals surface area contributed by atoms with Gasteiger partial charge in [0.25, 0.3) is 0 Å². The second-order valence-electron chi connectivity index (χ2n) is 3.52. The van der Waals surface area contributed by atoms with Crippen LogP contribution in [0.5, 0.6) is 0 Å². The van der Waals surface area contributed by atoms with E-state index in [1.54, 1.807) is 0 Å². The van der Waals surface area contributed by atoms with Crippen molar-refractivity contribution in [2.75, 3.05) is 13.1 Å². The molecule has 1 aliphatic heterocycles. The van der Waals surface area contributed by atoms with Crippen molar-refractivity contribution >= 4 is 15.9 Å². The first-order chi connectivity index (χ1) is 6.27. The number of hydrogen-bond donors (Lipinski definition) is 1. The lowest BCUT2D eigenvalue weighted by Gasteiger charge is -2.24. The molecule has 1 unspecified atom stereocenters. The van der Waals surface area contributed by atoms with Crippen LogP contribution in [0.25, 0.3) is 0 Å². The van der Waals surface area contributed by atoms with E-state index in [0.29, 0.717) is 6.04 Å². The number of rotatable bonds is 1. The van der Waals surface area contributed by atoms with Crippen LogP contribution >= 0.6 is 15.9 Å². The van der Waals surface area contributed by atoms with Gasteiger partial charge in [-0.2, -0.15) is 0 Å². The Bertz CT molecular complexity index is 289. The number of nitrogens with zero attached hydrogens (tertiary/aromatic N) is 2. The summed E-state index contributed by atoms with van der Waals surface area (Å²) in [6.45, 7) is 4.29. The standard InChI is InChI=1S/C9H14BrN3/c1-7-12-9(10)6-13(7)8-3-2-4-11-5-8/h6,8,11H,2-5H2,1H3. The minimum absolute atomic E-state index is 0.590. The van der Waals surface area contributed by atoms with E-state index < -0.39 is 0 Å². The SMILES string of the molecule is Cc1nc(Br)cn1C1CCCNC1. The molecule has 1 aromatic heterocycles. The molecule has 13 heavy (non-hydrogen) atoms. The number of aryl methyl sites for hydroxylation is 1. The van der Waals surface area contributed by atoms with Crippen molar-refractivity contribution in [1.82, 2.24) is 14.9 Å². The average Bonchev–Trinajstić information content (AvgIpc) is 2.47. The lowest BCUT2D eigenvalue weighted by Crippen LogP contribution is -2.31. The van der Waals surface area contributed by atoms with Gasteiger partial charge < -0.3 is 9.88 Å². The molecule has 3 nitrogen and oxygen atoms in total. The van der Waals surface area contributed by atoms with Gasteiger partial charge in [0.05, 0.1) is 0 Å². The number of halogens is 1. The number of nitrogens with one attached hydrogen (secondary N) is 1. The van der Waals surface area contributed by atoms with E-state index in [1.165, 1.54) is 12.8 Å². The molecule has 1 N–H and O–H groups in total. The molecular weight excluding hydrogens is 230 g/mol. The summed E-state index contributed by atoms with van der Waals surface area (Å²) >= 11 is 3.40. The van der Waals surface area contributed by atoms with Gasteiger partial charge in [0, 0.05) is 18.8 Å². The fourth-order valence-corrected chi connectivity index (χ4v) is 2.37. The van der Waals surface area contributed by atoms with E-state index in [0.717, 1.165) is 23.5 Å². The average molecular weight is 244 g/mol. The van der Waals surface area contributed by atoms with Crippen LogP contribution in [0.15, 0.2) is 10.8 Å². The summed E-state index contributed by atoms with van der Waals surface area (Å²) in [7, 11) is 0. The van der Waals surface area contributed by atoms with E-state index in [4.69, 9.17) is 0 Å². The molecule has 1 aliphatic rings. The monoisotopic (exact) mass is 243 g/mol. The molecule has 1 aromatic rings. The predicted octanol–water partition coefficient (Wildman–Crippen LogP) is 1.88. The Morgan fingerprint density at radius 1 is 1.69 bits per heavy atom. The van der Waals surface area contributed by atoms with Crippen molar-refractivity contribution in [3.63, 3.8) is 0 Å². The summed E-state index contributed by atoms with van der Waals surface area (Å²) in [6, 6.07) is 0.590. The third kappa shape index (κ3) is 1.94. The van der Waals surface area contributed by atoms with Gasteiger partial charge in [-0.3, -0.25) is 0 Å². The van der Waals surface area contributed by atoms with Crippen LogP contribution < -0.4 is 5.32 Å². The van der Waals surface area contributed by atoms with Crippen LogP contribution in [-0.4, -0.2) is 22.6 Å². The van der Waals surface area contributed by atoms with Gasteiger partial charge in [0.2, 0.25) is 0 Å². The Balaban J connectivity index is 2.18. The number of aromatic nitrogens is 2. The number of imidazole rings is 1. The first kappa shape index (κ1) is 9.21. The second kappa shape index (κ2) is 3.80. The van der Waals surface area contributed by atoms with Gasteiger partial charge in [0.15, 0.2) is 0 Å².